The minimum atomic E-state index is -4.34. The monoisotopic (exact) mass is 764 g/mol. The van der Waals surface area contributed by atoms with E-state index in [9.17, 15) is 23.8 Å². The van der Waals surface area contributed by atoms with Crippen LogP contribution in [0.15, 0.2) is 0 Å². The number of rotatable bonds is 20. The van der Waals surface area contributed by atoms with Gasteiger partial charge in [0.15, 0.2) is 6.61 Å². The number of alkyl halides is 1. The summed E-state index contributed by atoms with van der Waals surface area (Å²) in [5, 5.41) is 0. The van der Waals surface area contributed by atoms with Crippen molar-refractivity contribution < 1.29 is 47.1 Å². The fourth-order valence-electron chi connectivity index (χ4n) is 6.90. The van der Waals surface area contributed by atoms with Gasteiger partial charge in [-0.1, -0.05) is 84.2 Å². The predicted molar refractivity (Wildman–Crippen MR) is 190 cm³/mol. The summed E-state index contributed by atoms with van der Waals surface area (Å²) in [5.74, 6) is 1.33. The van der Waals surface area contributed by atoms with E-state index in [0.717, 1.165) is 6.42 Å². The first-order valence-corrected chi connectivity index (χ1v) is 19.0. The summed E-state index contributed by atoms with van der Waals surface area (Å²) in [5.41, 5.74) is -5.54. The Morgan fingerprint density at radius 1 is 0.938 bits per heavy atom. The van der Waals surface area contributed by atoms with Gasteiger partial charge in [-0.2, -0.15) is 0 Å². The summed E-state index contributed by atoms with van der Waals surface area (Å²) in [7, 11) is -3.00. The van der Waals surface area contributed by atoms with Crippen molar-refractivity contribution in [2.45, 2.75) is 120 Å². The van der Waals surface area contributed by atoms with E-state index in [1.54, 1.807) is 13.8 Å². The van der Waals surface area contributed by atoms with Crippen molar-refractivity contribution in [1.29, 1.82) is 0 Å². The van der Waals surface area contributed by atoms with Gasteiger partial charge in [0.2, 0.25) is 0 Å². The molecule has 5 atom stereocenters. The molecule has 48 heavy (non-hydrogen) atoms. The molecule has 1 aliphatic carbocycles. The zero-order valence-electron chi connectivity index (χ0n) is 31.8. The first-order chi connectivity index (χ1) is 21.6. The van der Waals surface area contributed by atoms with E-state index < -0.39 is 62.5 Å². The van der Waals surface area contributed by atoms with E-state index in [-0.39, 0.29) is 38.8 Å². The zero-order valence-corrected chi connectivity index (χ0v) is 34.3. The van der Waals surface area contributed by atoms with Gasteiger partial charge in [0.1, 0.15) is 6.61 Å². The van der Waals surface area contributed by atoms with Crippen LogP contribution in [0, 0.1) is 56.7 Å². The lowest BCUT2D eigenvalue weighted by atomic mass is 9.47. The van der Waals surface area contributed by atoms with E-state index >= 15 is 0 Å². The molecule has 0 aromatic carbocycles. The standard InChI is InChI=1S/C36H62BrO10P/c1-16-19-44-29(40)36(26(4)35(36,14)37)24-31(7,8)33(11,12)34(13,23-30(5,6)32(9,10)27(38)43-15)28(39)45-21-22-47-48(41,42)46-20-17-18-25(2)3/h1,25-26H,17-24H2,2-15H3,(H,41,42). The van der Waals surface area contributed by atoms with Gasteiger partial charge in [0.25, 0.3) is 0 Å². The van der Waals surface area contributed by atoms with E-state index in [0.29, 0.717) is 18.8 Å². The summed E-state index contributed by atoms with van der Waals surface area (Å²) < 4.78 is 38.5. The Bertz CT molecular complexity index is 1250. The van der Waals surface area contributed by atoms with Crippen LogP contribution >= 0.6 is 23.8 Å². The highest BCUT2D eigenvalue weighted by atomic mass is 79.9. The molecule has 1 saturated carbocycles. The normalized spacial score (nSPS) is 24.2. The molecule has 1 rings (SSSR count). The van der Waals surface area contributed by atoms with Crippen LogP contribution in [-0.2, 0) is 42.2 Å². The van der Waals surface area contributed by atoms with Crippen molar-refractivity contribution in [2.24, 2.45) is 44.3 Å². The molecular weight excluding hydrogens is 703 g/mol. The highest BCUT2D eigenvalue weighted by molar-refractivity contribution is 9.10. The van der Waals surface area contributed by atoms with Crippen LogP contribution < -0.4 is 0 Å². The lowest BCUT2D eigenvalue weighted by Crippen LogP contribution is -2.56. The molecule has 0 aromatic rings. The van der Waals surface area contributed by atoms with Crippen LogP contribution in [0.5, 0.6) is 0 Å². The third-order valence-electron chi connectivity index (χ3n) is 12.2. The first kappa shape index (κ1) is 44.6. The fourth-order valence-corrected chi connectivity index (χ4v) is 8.56. The number of hydrogen-bond donors (Lipinski definition) is 1. The van der Waals surface area contributed by atoms with Gasteiger partial charge in [0, 0.05) is 4.32 Å². The number of carbonyl (C=O) groups excluding carboxylic acids is 3. The summed E-state index contributed by atoms with van der Waals surface area (Å²) >= 11 is 3.79. The van der Waals surface area contributed by atoms with E-state index in [1.165, 1.54) is 7.11 Å². The molecule has 278 valence electrons. The first-order valence-electron chi connectivity index (χ1n) is 16.7. The Balaban J connectivity index is 3.47. The van der Waals surface area contributed by atoms with E-state index in [1.807, 2.05) is 62.3 Å². The SMILES string of the molecule is C#CCOC(=O)C1(CC(C)(C)C(C)(C)C(C)(CC(C)(C)C(C)(C)C(=O)OC)C(=O)OCCOP(=O)(O)OCCCC(C)C)C(C)C1(C)Br. The number of carbonyl (C=O) groups is 3. The average Bonchev–Trinajstić information content (AvgIpc) is 3.39. The van der Waals surface area contributed by atoms with Crippen molar-refractivity contribution >= 4 is 41.7 Å². The van der Waals surface area contributed by atoms with Gasteiger partial charge in [-0.05, 0) is 81.5 Å². The maximum atomic E-state index is 14.4. The maximum Gasteiger partial charge on any atom is 0.472 e. The lowest BCUT2D eigenvalue weighted by molar-refractivity contribution is -0.183. The molecule has 1 fully saturated rings. The molecular formula is C36H62BrO10P. The minimum Gasteiger partial charge on any atom is -0.469 e. The van der Waals surface area contributed by atoms with Crippen LogP contribution in [-0.4, -0.2) is 60.7 Å². The second-order valence-electron chi connectivity index (χ2n) is 16.6. The van der Waals surface area contributed by atoms with Crippen molar-refractivity contribution in [3.05, 3.63) is 0 Å². The molecule has 0 radical (unpaired) electrons. The fraction of sp³-hybridized carbons (Fsp3) is 0.861. The van der Waals surface area contributed by atoms with Crippen molar-refractivity contribution in [2.75, 3.05) is 33.5 Å². The molecule has 0 heterocycles. The molecule has 1 aliphatic rings. The van der Waals surface area contributed by atoms with Gasteiger partial charge in [-0.25, -0.2) is 4.57 Å². The molecule has 0 saturated heterocycles. The molecule has 12 heteroatoms. The van der Waals surface area contributed by atoms with Crippen molar-refractivity contribution in [3.8, 4) is 12.3 Å². The van der Waals surface area contributed by atoms with Gasteiger partial charge in [-0.3, -0.25) is 23.4 Å². The minimum absolute atomic E-state index is 0.0714. The van der Waals surface area contributed by atoms with Crippen molar-refractivity contribution in [3.63, 3.8) is 0 Å². The summed E-state index contributed by atoms with van der Waals surface area (Å²) in [6.45, 7) is 24.5. The smallest absolute Gasteiger partial charge is 0.469 e. The quantitative estimate of drug-likeness (QED) is 0.0323. The Labute approximate surface area is 298 Å². The van der Waals surface area contributed by atoms with Gasteiger partial charge < -0.3 is 19.1 Å². The Hall–Kier alpha value is -1.44. The van der Waals surface area contributed by atoms with Crippen LogP contribution in [0.1, 0.15) is 116 Å². The Morgan fingerprint density at radius 2 is 1.46 bits per heavy atom. The topological polar surface area (TPSA) is 135 Å². The summed E-state index contributed by atoms with van der Waals surface area (Å²) in [6.07, 6.45) is 7.40. The van der Waals surface area contributed by atoms with E-state index in [2.05, 4.69) is 35.7 Å². The lowest BCUT2D eigenvalue weighted by Gasteiger charge is -2.56. The van der Waals surface area contributed by atoms with Crippen molar-refractivity contribution in [1.82, 2.24) is 0 Å². The Kier molecular flexibility index (Phi) is 14.7. The molecule has 10 nitrogen and oxygen atoms in total. The molecule has 0 spiro atoms. The molecule has 0 bridgehead atoms. The number of halogens is 1. The van der Waals surface area contributed by atoms with Gasteiger partial charge in [-0.15, -0.1) is 6.42 Å². The van der Waals surface area contributed by atoms with E-state index in [4.69, 9.17) is 29.7 Å². The van der Waals surface area contributed by atoms with Gasteiger partial charge in [0.05, 0.1) is 36.6 Å². The van der Waals surface area contributed by atoms with Crippen LogP contribution in [0.3, 0.4) is 0 Å². The number of phosphoric acid groups is 1. The number of phosphoric ester groups is 1. The maximum absolute atomic E-state index is 14.4. The summed E-state index contributed by atoms with van der Waals surface area (Å²) in [6, 6.07) is 0. The molecule has 0 aliphatic heterocycles. The highest BCUT2D eigenvalue weighted by Gasteiger charge is 2.77. The van der Waals surface area contributed by atoms with Crippen LogP contribution in [0.2, 0.25) is 0 Å². The van der Waals surface area contributed by atoms with Gasteiger partial charge >= 0.3 is 25.7 Å². The number of esters is 3. The average molecular weight is 766 g/mol. The molecule has 1 N–H and O–H groups in total. The third-order valence-corrected chi connectivity index (χ3v) is 14.6. The summed E-state index contributed by atoms with van der Waals surface area (Å²) in [4.78, 5) is 51.1. The largest absolute Gasteiger partial charge is 0.472 e. The number of ether oxygens (including phenoxy) is 3. The number of methoxy groups -OCH3 is 1. The second kappa shape index (κ2) is 15.8. The number of terminal acetylenes is 1. The molecule has 0 amide bonds. The predicted octanol–water partition coefficient (Wildman–Crippen LogP) is 8.13. The second-order valence-corrected chi connectivity index (χ2v) is 19.7. The third kappa shape index (κ3) is 9.07. The highest BCUT2D eigenvalue weighted by Crippen LogP contribution is 2.74. The zero-order chi connectivity index (χ0) is 37.8. The molecule has 0 aromatic heterocycles. The van der Waals surface area contributed by atoms with Crippen LogP contribution in [0.4, 0.5) is 0 Å². The van der Waals surface area contributed by atoms with Crippen LogP contribution in [0.25, 0.3) is 0 Å². The number of hydrogen-bond acceptors (Lipinski definition) is 9. The Morgan fingerprint density at radius 3 is 1.92 bits per heavy atom. The molecule has 5 unspecified atom stereocenters.